The third-order valence-electron chi connectivity index (χ3n) is 3.04. The molecule has 1 aromatic carbocycles. The topological polar surface area (TPSA) is 57.6 Å². The lowest BCUT2D eigenvalue weighted by Gasteiger charge is -2.36. The second-order valence-electron chi connectivity index (χ2n) is 4.44. The van der Waals surface area contributed by atoms with Crippen molar-refractivity contribution in [3.05, 3.63) is 34.3 Å². The molecule has 1 amide bonds. The van der Waals surface area contributed by atoms with E-state index in [1.807, 2.05) is 0 Å². The van der Waals surface area contributed by atoms with E-state index < -0.39 is 29.5 Å². The number of carboxylic acids is 1. The molecule has 8 heteroatoms. The van der Waals surface area contributed by atoms with Crippen molar-refractivity contribution in [3.63, 3.8) is 0 Å². The maximum Gasteiger partial charge on any atom is 0.416 e. The molecule has 0 atom stereocenters. The zero-order valence-electron chi connectivity index (χ0n) is 9.95. The maximum atomic E-state index is 12.5. The van der Waals surface area contributed by atoms with Gasteiger partial charge in [0.25, 0.3) is 5.91 Å². The molecule has 0 aliphatic carbocycles. The molecule has 1 N–H and O–H groups in total. The first-order chi connectivity index (χ1) is 9.20. The molecule has 0 spiro atoms. The highest BCUT2D eigenvalue weighted by Crippen LogP contribution is 2.33. The minimum Gasteiger partial charge on any atom is -0.481 e. The normalized spacial score (nSPS) is 15.9. The van der Waals surface area contributed by atoms with Crippen molar-refractivity contribution in [1.29, 1.82) is 0 Å². The largest absolute Gasteiger partial charge is 0.481 e. The monoisotopic (exact) mass is 307 g/mol. The van der Waals surface area contributed by atoms with Gasteiger partial charge in [0.15, 0.2) is 0 Å². The van der Waals surface area contributed by atoms with E-state index in [-0.39, 0.29) is 23.7 Å². The van der Waals surface area contributed by atoms with E-state index in [1.165, 1.54) is 4.90 Å². The van der Waals surface area contributed by atoms with Gasteiger partial charge in [-0.3, -0.25) is 9.59 Å². The number of hydrogen-bond donors (Lipinski definition) is 1. The number of carbonyl (C=O) groups excluding carboxylic acids is 1. The van der Waals surface area contributed by atoms with Gasteiger partial charge in [0.2, 0.25) is 0 Å². The summed E-state index contributed by atoms with van der Waals surface area (Å²) in [4.78, 5) is 23.8. The molecule has 1 saturated heterocycles. The summed E-state index contributed by atoms with van der Waals surface area (Å²) in [5.41, 5.74) is -1.01. The van der Waals surface area contributed by atoms with Gasteiger partial charge in [0, 0.05) is 13.1 Å². The summed E-state index contributed by atoms with van der Waals surface area (Å²) in [5.74, 6) is -2.21. The first-order valence-corrected chi connectivity index (χ1v) is 5.97. The van der Waals surface area contributed by atoms with E-state index in [1.54, 1.807) is 0 Å². The van der Waals surface area contributed by atoms with E-state index in [2.05, 4.69) is 0 Å². The van der Waals surface area contributed by atoms with Crippen LogP contribution in [0.25, 0.3) is 0 Å². The number of alkyl halides is 3. The average Bonchev–Trinajstić information content (AvgIpc) is 2.24. The molecule has 2 rings (SSSR count). The third kappa shape index (κ3) is 2.72. The quantitative estimate of drug-likeness (QED) is 0.913. The van der Waals surface area contributed by atoms with Gasteiger partial charge in [-0.2, -0.15) is 13.2 Å². The van der Waals surface area contributed by atoms with E-state index in [0.29, 0.717) is 6.07 Å². The fourth-order valence-electron chi connectivity index (χ4n) is 1.84. The number of likely N-dealkylation sites (tertiary alicyclic amines) is 1. The van der Waals surface area contributed by atoms with Crippen LogP contribution >= 0.6 is 11.6 Å². The van der Waals surface area contributed by atoms with Gasteiger partial charge >= 0.3 is 12.1 Å². The van der Waals surface area contributed by atoms with Crippen molar-refractivity contribution < 1.29 is 27.9 Å². The Morgan fingerprint density at radius 3 is 2.35 bits per heavy atom. The predicted octanol–water partition coefficient (Wildman–Crippen LogP) is 2.52. The van der Waals surface area contributed by atoms with Crippen molar-refractivity contribution in [2.45, 2.75) is 6.18 Å². The summed E-state index contributed by atoms with van der Waals surface area (Å²) in [6, 6.07) is 2.46. The van der Waals surface area contributed by atoms with Crippen molar-refractivity contribution in [2.24, 2.45) is 5.92 Å². The summed E-state index contributed by atoms with van der Waals surface area (Å²) in [6.45, 7) is 0.0665. The van der Waals surface area contributed by atoms with Crippen LogP contribution in [0.2, 0.25) is 5.02 Å². The SMILES string of the molecule is O=C(O)C1CN(C(=O)c2ccc(C(F)(F)F)cc2Cl)C1. The van der Waals surface area contributed by atoms with Crippen LogP contribution in [0, 0.1) is 5.92 Å². The zero-order chi connectivity index (χ0) is 15.1. The summed E-state index contributed by atoms with van der Waals surface area (Å²) in [6.07, 6.45) is -4.53. The van der Waals surface area contributed by atoms with Crippen molar-refractivity contribution >= 4 is 23.5 Å². The fourth-order valence-corrected chi connectivity index (χ4v) is 2.10. The highest BCUT2D eigenvalue weighted by atomic mass is 35.5. The predicted molar refractivity (Wildman–Crippen MR) is 63.5 cm³/mol. The molecule has 1 fully saturated rings. The van der Waals surface area contributed by atoms with Crippen molar-refractivity contribution in [1.82, 2.24) is 4.90 Å². The van der Waals surface area contributed by atoms with Crippen LogP contribution in [-0.2, 0) is 11.0 Å². The molecule has 0 saturated carbocycles. The first-order valence-electron chi connectivity index (χ1n) is 5.59. The molecular formula is C12H9ClF3NO3. The number of halogens is 4. The van der Waals surface area contributed by atoms with Crippen LogP contribution in [0.1, 0.15) is 15.9 Å². The molecule has 1 aliphatic rings. The van der Waals surface area contributed by atoms with E-state index in [0.717, 1.165) is 12.1 Å². The van der Waals surface area contributed by atoms with Crippen LogP contribution < -0.4 is 0 Å². The Bertz CT molecular complexity index is 568. The van der Waals surface area contributed by atoms with Gasteiger partial charge in [0.05, 0.1) is 22.1 Å². The molecule has 0 aromatic heterocycles. The number of rotatable bonds is 2. The van der Waals surface area contributed by atoms with Crippen molar-refractivity contribution in [2.75, 3.05) is 13.1 Å². The van der Waals surface area contributed by atoms with Crippen LogP contribution in [0.3, 0.4) is 0 Å². The first kappa shape index (κ1) is 14.6. The van der Waals surface area contributed by atoms with E-state index in [4.69, 9.17) is 16.7 Å². The van der Waals surface area contributed by atoms with Gasteiger partial charge in [-0.05, 0) is 18.2 Å². The molecule has 1 heterocycles. The van der Waals surface area contributed by atoms with Gasteiger partial charge in [-0.25, -0.2) is 0 Å². The summed E-state index contributed by atoms with van der Waals surface area (Å²) in [7, 11) is 0. The Balaban J connectivity index is 2.14. The van der Waals surface area contributed by atoms with Gasteiger partial charge < -0.3 is 10.0 Å². The lowest BCUT2D eigenvalue weighted by molar-refractivity contribution is -0.146. The molecule has 108 valence electrons. The minimum atomic E-state index is -4.53. The smallest absolute Gasteiger partial charge is 0.416 e. The van der Waals surface area contributed by atoms with Crippen LogP contribution in [0.5, 0.6) is 0 Å². The second kappa shape index (κ2) is 4.97. The maximum absolute atomic E-state index is 12.5. The summed E-state index contributed by atoms with van der Waals surface area (Å²) >= 11 is 5.69. The Labute approximate surface area is 116 Å². The lowest BCUT2D eigenvalue weighted by atomic mass is 9.99. The van der Waals surface area contributed by atoms with Crippen LogP contribution in [0.4, 0.5) is 13.2 Å². The number of amides is 1. The third-order valence-corrected chi connectivity index (χ3v) is 3.36. The van der Waals surface area contributed by atoms with Gasteiger partial charge in [0.1, 0.15) is 0 Å². The highest BCUT2D eigenvalue weighted by molar-refractivity contribution is 6.33. The van der Waals surface area contributed by atoms with Crippen molar-refractivity contribution in [3.8, 4) is 0 Å². The number of carbonyl (C=O) groups is 2. The molecular weight excluding hydrogens is 299 g/mol. The van der Waals surface area contributed by atoms with Gasteiger partial charge in [-0.1, -0.05) is 11.6 Å². The van der Waals surface area contributed by atoms with Gasteiger partial charge in [-0.15, -0.1) is 0 Å². The number of carboxylic acid groups (broad SMARTS) is 1. The molecule has 0 unspecified atom stereocenters. The lowest BCUT2D eigenvalue weighted by Crippen LogP contribution is -2.53. The Morgan fingerprint density at radius 1 is 1.30 bits per heavy atom. The number of hydrogen-bond acceptors (Lipinski definition) is 2. The molecule has 4 nitrogen and oxygen atoms in total. The Kier molecular flexibility index (Phi) is 3.64. The van der Waals surface area contributed by atoms with E-state index >= 15 is 0 Å². The molecule has 1 aliphatic heterocycles. The molecule has 1 aromatic rings. The summed E-state index contributed by atoms with van der Waals surface area (Å²) in [5, 5.41) is 8.39. The van der Waals surface area contributed by atoms with Crippen LogP contribution in [-0.4, -0.2) is 35.0 Å². The molecule has 0 radical (unpaired) electrons. The minimum absolute atomic E-state index is 0.0333. The second-order valence-corrected chi connectivity index (χ2v) is 4.84. The highest BCUT2D eigenvalue weighted by Gasteiger charge is 2.37. The van der Waals surface area contributed by atoms with E-state index in [9.17, 15) is 22.8 Å². The molecule has 0 bridgehead atoms. The fraction of sp³-hybridized carbons (Fsp3) is 0.333. The zero-order valence-corrected chi connectivity index (χ0v) is 10.7. The molecule has 20 heavy (non-hydrogen) atoms. The number of aliphatic carboxylic acids is 1. The Morgan fingerprint density at radius 2 is 1.90 bits per heavy atom. The average molecular weight is 308 g/mol. The number of nitrogens with zero attached hydrogens (tertiary/aromatic N) is 1. The number of benzene rings is 1. The van der Waals surface area contributed by atoms with Crippen LogP contribution in [0.15, 0.2) is 18.2 Å². The standard InChI is InChI=1S/C12H9ClF3NO3/c13-9-3-7(12(14,15)16)1-2-8(9)10(18)17-4-6(5-17)11(19)20/h1-3,6H,4-5H2,(H,19,20). The Hall–Kier alpha value is -1.76. The summed E-state index contributed by atoms with van der Waals surface area (Å²) < 4.78 is 37.4.